The number of aliphatic imine (C=N–C) groups is 1. The van der Waals surface area contributed by atoms with E-state index in [0.29, 0.717) is 50.7 Å². The summed E-state index contributed by atoms with van der Waals surface area (Å²) in [5.41, 5.74) is 7.08. The lowest BCUT2D eigenvalue weighted by molar-refractivity contribution is 0.102. The number of amides is 1. The van der Waals surface area contributed by atoms with Crippen LogP contribution in [0.25, 0.3) is 0 Å². The van der Waals surface area contributed by atoms with E-state index in [2.05, 4.69) is 10.3 Å². The number of hydrogen-bond acceptors (Lipinski definition) is 7. The number of nitrogens with two attached hydrogens (primary N) is 1. The molecule has 10 heteroatoms. The van der Waals surface area contributed by atoms with E-state index in [4.69, 9.17) is 31.8 Å². The van der Waals surface area contributed by atoms with Crippen molar-refractivity contribution in [3.05, 3.63) is 76.3 Å². The van der Waals surface area contributed by atoms with E-state index in [-0.39, 0.29) is 11.4 Å². The van der Waals surface area contributed by atoms with Crippen molar-refractivity contribution in [2.45, 2.75) is 12.0 Å². The highest BCUT2D eigenvalue weighted by molar-refractivity contribution is 8.13. The number of thioether (sulfide) groups is 1. The number of halogens is 2. The van der Waals surface area contributed by atoms with Gasteiger partial charge in [0, 0.05) is 34.8 Å². The maximum Gasteiger partial charge on any atom is 0.274 e. The first-order valence-corrected chi connectivity index (χ1v) is 11.4. The van der Waals surface area contributed by atoms with Gasteiger partial charge in [-0.2, -0.15) is 0 Å². The van der Waals surface area contributed by atoms with Crippen LogP contribution in [-0.4, -0.2) is 28.9 Å². The van der Waals surface area contributed by atoms with E-state index in [1.54, 1.807) is 30.3 Å². The first-order valence-electron chi connectivity index (χ1n) is 10.0. The Morgan fingerprint density at radius 1 is 1.27 bits per heavy atom. The number of benzene rings is 2. The summed E-state index contributed by atoms with van der Waals surface area (Å²) in [5.74, 6) is 0.618. The summed E-state index contributed by atoms with van der Waals surface area (Å²) in [6.07, 6.45) is 1.96. The van der Waals surface area contributed by atoms with Crippen LogP contribution in [0.3, 0.4) is 0 Å². The third-order valence-electron chi connectivity index (χ3n) is 5.57. The maximum absolute atomic E-state index is 15.0. The van der Waals surface area contributed by atoms with Crippen LogP contribution < -0.4 is 20.5 Å². The van der Waals surface area contributed by atoms with E-state index in [9.17, 15) is 9.18 Å². The molecule has 2 aromatic carbocycles. The Balaban J connectivity index is 1.61. The number of nitrogens with one attached hydrogen (secondary N) is 1. The summed E-state index contributed by atoms with van der Waals surface area (Å²) in [5, 5.41) is 3.66. The molecule has 7 nitrogen and oxygen atoms in total. The van der Waals surface area contributed by atoms with Gasteiger partial charge in [-0.05, 0) is 42.8 Å². The van der Waals surface area contributed by atoms with Crippen molar-refractivity contribution < 1.29 is 18.7 Å². The van der Waals surface area contributed by atoms with Crippen molar-refractivity contribution in [2.75, 3.05) is 18.2 Å². The molecular formula is C23H18ClFN4O3S. The van der Waals surface area contributed by atoms with Crippen molar-refractivity contribution in [3.8, 4) is 17.2 Å². The number of amidine groups is 1. The molecule has 2 aliphatic rings. The quantitative estimate of drug-likeness (QED) is 0.546. The zero-order valence-corrected chi connectivity index (χ0v) is 19.0. The van der Waals surface area contributed by atoms with Gasteiger partial charge in [0.2, 0.25) is 0 Å². The second-order valence-corrected chi connectivity index (χ2v) is 9.08. The standard InChI is InChI=1S/C23H18ClFN4O3S/c1-31-14-9-16-20(17(25)10-14)32-19-5-3-13(28-21(30)18-4-2-12(24)11-27-18)8-15(19)23(16)6-7-33-22(26)29-23/h2-5,8-11H,6-7H2,1H3,(H2,26,29)(H,28,30)/t23-/m0/s1. The van der Waals surface area contributed by atoms with Gasteiger partial charge in [-0.3, -0.25) is 4.79 Å². The minimum absolute atomic E-state index is 0.0916. The molecule has 0 fully saturated rings. The van der Waals surface area contributed by atoms with Gasteiger partial charge in [0.15, 0.2) is 16.7 Å². The predicted octanol–water partition coefficient (Wildman–Crippen LogP) is 4.94. The molecule has 0 radical (unpaired) electrons. The lowest BCUT2D eigenvalue weighted by atomic mass is 9.78. The molecule has 0 aliphatic carbocycles. The molecule has 33 heavy (non-hydrogen) atoms. The molecule has 168 valence electrons. The normalized spacial score (nSPS) is 18.6. The number of aromatic nitrogens is 1. The van der Waals surface area contributed by atoms with E-state index >= 15 is 0 Å². The third kappa shape index (κ3) is 3.77. The molecule has 5 rings (SSSR count). The zero-order chi connectivity index (χ0) is 23.2. The van der Waals surface area contributed by atoms with Crippen molar-refractivity contribution in [2.24, 2.45) is 10.7 Å². The van der Waals surface area contributed by atoms with Crippen molar-refractivity contribution in [3.63, 3.8) is 0 Å². The highest BCUT2D eigenvalue weighted by Crippen LogP contribution is 2.54. The second-order valence-electron chi connectivity index (χ2n) is 7.52. The molecule has 3 aromatic rings. The molecule has 1 spiro atoms. The van der Waals surface area contributed by atoms with Crippen LogP contribution in [0.5, 0.6) is 17.2 Å². The summed E-state index contributed by atoms with van der Waals surface area (Å²) >= 11 is 7.29. The van der Waals surface area contributed by atoms with Gasteiger partial charge in [-0.15, -0.1) is 0 Å². The molecule has 0 saturated heterocycles. The van der Waals surface area contributed by atoms with Crippen LogP contribution in [0.15, 0.2) is 53.7 Å². The number of ether oxygens (including phenoxy) is 2. The van der Waals surface area contributed by atoms with Gasteiger partial charge in [-0.25, -0.2) is 14.4 Å². The lowest BCUT2D eigenvalue weighted by Crippen LogP contribution is -2.36. The number of anilines is 1. The van der Waals surface area contributed by atoms with Crippen molar-refractivity contribution in [1.82, 2.24) is 4.98 Å². The predicted molar refractivity (Wildman–Crippen MR) is 126 cm³/mol. The Kier molecular flexibility index (Phi) is 5.38. The topological polar surface area (TPSA) is 98.8 Å². The van der Waals surface area contributed by atoms with Crippen molar-refractivity contribution in [1.29, 1.82) is 0 Å². The second kappa shape index (κ2) is 8.24. The summed E-state index contributed by atoms with van der Waals surface area (Å²) in [6, 6.07) is 11.3. The Bertz CT molecular complexity index is 1300. The number of hydrogen-bond donors (Lipinski definition) is 2. The number of nitrogens with zero attached hydrogens (tertiary/aromatic N) is 2. The Labute approximate surface area is 198 Å². The maximum atomic E-state index is 15.0. The fourth-order valence-corrected chi connectivity index (χ4v) is 4.99. The Hall–Kier alpha value is -3.30. The molecule has 3 heterocycles. The first kappa shape index (κ1) is 21.5. The van der Waals surface area contributed by atoms with Crippen LogP contribution in [0, 0.1) is 5.82 Å². The van der Waals surface area contributed by atoms with Gasteiger partial charge in [-0.1, -0.05) is 23.4 Å². The van der Waals surface area contributed by atoms with E-state index in [1.807, 2.05) is 0 Å². The van der Waals surface area contributed by atoms with Crippen LogP contribution in [-0.2, 0) is 5.54 Å². The highest BCUT2D eigenvalue weighted by Gasteiger charge is 2.45. The SMILES string of the molecule is COc1cc(F)c2c(c1)[C@]1(CCSC(N)=N1)c1cc(NC(=O)c3ccc(Cl)cn3)ccc1O2. The molecule has 1 atom stereocenters. The minimum Gasteiger partial charge on any atom is -0.497 e. The number of rotatable bonds is 3. The van der Waals surface area contributed by atoms with E-state index < -0.39 is 17.3 Å². The average molecular weight is 485 g/mol. The van der Waals surface area contributed by atoms with Crippen LogP contribution >= 0.6 is 23.4 Å². The van der Waals surface area contributed by atoms with Gasteiger partial charge in [0.05, 0.1) is 12.1 Å². The smallest absolute Gasteiger partial charge is 0.274 e. The van der Waals surface area contributed by atoms with Crippen LogP contribution in [0.2, 0.25) is 5.02 Å². The molecular weight excluding hydrogens is 467 g/mol. The zero-order valence-electron chi connectivity index (χ0n) is 17.4. The number of carbonyl (C=O) groups excluding carboxylic acids is 1. The number of fused-ring (bicyclic) bond motifs is 4. The van der Waals surface area contributed by atoms with Gasteiger partial charge < -0.3 is 20.5 Å². The largest absolute Gasteiger partial charge is 0.497 e. The van der Waals surface area contributed by atoms with Gasteiger partial charge in [0.1, 0.15) is 22.7 Å². The molecule has 2 aliphatic heterocycles. The monoisotopic (exact) mass is 484 g/mol. The van der Waals surface area contributed by atoms with E-state index in [0.717, 1.165) is 0 Å². The summed E-state index contributed by atoms with van der Waals surface area (Å²) in [4.78, 5) is 21.5. The average Bonchev–Trinajstić information content (AvgIpc) is 2.80. The lowest BCUT2D eigenvalue weighted by Gasteiger charge is -2.39. The number of carbonyl (C=O) groups is 1. The van der Waals surface area contributed by atoms with Crippen LogP contribution in [0.4, 0.5) is 10.1 Å². The summed E-state index contributed by atoms with van der Waals surface area (Å²) in [6.45, 7) is 0. The Morgan fingerprint density at radius 3 is 2.85 bits per heavy atom. The van der Waals surface area contributed by atoms with Crippen LogP contribution in [0.1, 0.15) is 28.0 Å². The molecule has 0 unspecified atom stereocenters. The number of pyridine rings is 1. The molecule has 0 bridgehead atoms. The van der Waals surface area contributed by atoms with E-state index in [1.165, 1.54) is 37.2 Å². The fourth-order valence-electron chi connectivity index (χ4n) is 4.05. The fraction of sp³-hybridized carbons (Fsp3) is 0.174. The molecule has 0 saturated carbocycles. The van der Waals surface area contributed by atoms with Crippen molar-refractivity contribution >= 4 is 40.1 Å². The highest BCUT2D eigenvalue weighted by atomic mass is 35.5. The molecule has 1 aromatic heterocycles. The molecule has 3 N–H and O–H groups in total. The molecule has 1 amide bonds. The van der Waals surface area contributed by atoms with Gasteiger partial charge >= 0.3 is 0 Å². The first-order chi connectivity index (χ1) is 15.9. The number of methoxy groups -OCH3 is 1. The summed E-state index contributed by atoms with van der Waals surface area (Å²) < 4.78 is 26.2. The minimum atomic E-state index is -0.979. The Morgan fingerprint density at radius 2 is 2.12 bits per heavy atom. The third-order valence-corrected chi connectivity index (χ3v) is 6.59. The summed E-state index contributed by atoms with van der Waals surface area (Å²) in [7, 11) is 1.47. The van der Waals surface area contributed by atoms with Gasteiger partial charge in [0.25, 0.3) is 5.91 Å².